The number of aliphatic hydroxyl groups is 3. The van der Waals surface area contributed by atoms with Crippen LogP contribution in [-0.2, 0) is 5.41 Å². The Kier molecular flexibility index (Phi) is 8.59. The standard InChI is InChI=1S/C38H29ClO3.C2H6/c1-4-33(40)37(42)36(41)30-22-38(32-20-19-27(39)21-29(30)32)31-18-12-11-17-28(31)34(23(2)25-13-7-5-8-14-25)35(38)24(3)26-15-9-6-10-16-26;1-2/h1,5-21,40-42H,22H2,2-3H3;1-2H3/b34-23+,35-24?,36-30-,37-33-;. The first kappa shape index (κ1) is 30.5. The van der Waals surface area contributed by atoms with E-state index in [0.29, 0.717) is 22.6 Å². The van der Waals surface area contributed by atoms with Gasteiger partial charge in [0.15, 0.2) is 5.76 Å². The van der Waals surface area contributed by atoms with E-state index in [0.717, 1.165) is 50.1 Å². The van der Waals surface area contributed by atoms with Gasteiger partial charge in [-0.25, -0.2) is 0 Å². The molecule has 3 nitrogen and oxygen atoms in total. The van der Waals surface area contributed by atoms with Crippen LogP contribution in [0, 0.1) is 12.3 Å². The molecule has 2 aliphatic carbocycles. The second-order valence-electron chi connectivity index (χ2n) is 10.7. The van der Waals surface area contributed by atoms with Crippen LogP contribution in [0.4, 0.5) is 0 Å². The molecule has 220 valence electrons. The molecule has 0 aromatic heterocycles. The van der Waals surface area contributed by atoms with E-state index in [9.17, 15) is 15.3 Å². The SMILES string of the molecule is C#C/C(O)=C(O)\C(O)=C1/CC2(C(=C(C)c3ccccc3)/C(=C(\C)c3ccccc3)c3ccccc32)c2ccc(Cl)cc21.CC. The predicted octanol–water partition coefficient (Wildman–Crippen LogP) is 10.7. The Balaban J connectivity index is 0.00000188. The molecule has 1 unspecified atom stereocenters. The first-order valence-corrected chi connectivity index (χ1v) is 15.1. The van der Waals surface area contributed by atoms with Crippen LogP contribution < -0.4 is 0 Å². The van der Waals surface area contributed by atoms with Crippen molar-refractivity contribution in [3.8, 4) is 12.3 Å². The molecule has 0 saturated carbocycles. The Morgan fingerprint density at radius 3 is 1.89 bits per heavy atom. The molecule has 0 radical (unpaired) electrons. The summed E-state index contributed by atoms with van der Waals surface area (Å²) in [5.74, 6) is 0.0954. The molecule has 4 heteroatoms. The van der Waals surface area contributed by atoms with Crippen molar-refractivity contribution in [3.63, 3.8) is 0 Å². The van der Waals surface area contributed by atoms with Crippen LogP contribution in [0.1, 0.15) is 67.5 Å². The fraction of sp³-hybridized carbons (Fsp3) is 0.150. The number of allylic oxidation sites excluding steroid dienone is 6. The molecular weight excluding hydrogens is 564 g/mol. The zero-order chi connectivity index (χ0) is 31.6. The monoisotopic (exact) mass is 598 g/mol. The average Bonchev–Trinajstić information content (AvgIpc) is 3.57. The summed E-state index contributed by atoms with van der Waals surface area (Å²) in [5.41, 5.74) is 10.3. The molecule has 4 aromatic rings. The third-order valence-corrected chi connectivity index (χ3v) is 8.81. The highest BCUT2D eigenvalue weighted by Crippen LogP contribution is 2.65. The van der Waals surface area contributed by atoms with E-state index in [1.807, 2.05) is 74.4 Å². The second kappa shape index (κ2) is 12.4. The lowest BCUT2D eigenvalue weighted by molar-refractivity contribution is 0.294. The first-order valence-electron chi connectivity index (χ1n) is 14.7. The van der Waals surface area contributed by atoms with Gasteiger partial charge >= 0.3 is 0 Å². The van der Waals surface area contributed by atoms with Crippen molar-refractivity contribution < 1.29 is 15.3 Å². The van der Waals surface area contributed by atoms with Gasteiger partial charge in [-0.3, -0.25) is 0 Å². The molecule has 6 rings (SSSR count). The molecule has 0 fully saturated rings. The van der Waals surface area contributed by atoms with Gasteiger partial charge in [0.2, 0.25) is 11.5 Å². The van der Waals surface area contributed by atoms with Crippen LogP contribution in [0.2, 0.25) is 5.02 Å². The van der Waals surface area contributed by atoms with Gasteiger partial charge in [0, 0.05) is 10.6 Å². The maximum Gasteiger partial charge on any atom is 0.213 e. The van der Waals surface area contributed by atoms with Crippen LogP contribution in [-0.4, -0.2) is 15.3 Å². The van der Waals surface area contributed by atoms with Crippen molar-refractivity contribution in [2.75, 3.05) is 0 Å². The number of halogens is 1. The Morgan fingerprint density at radius 2 is 1.27 bits per heavy atom. The van der Waals surface area contributed by atoms with Crippen molar-refractivity contribution in [1.29, 1.82) is 0 Å². The lowest BCUT2D eigenvalue weighted by Crippen LogP contribution is -2.24. The highest BCUT2D eigenvalue weighted by atomic mass is 35.5. The van der Waals surface area contributed by atoms with Crippen LogP contribution in [0.3, 0.4) is 0 Å². The Labute approximate surface area is 264 Å². The predicted molar refractivity (Wildman–Crippen MR) is 183 cm³/mol. The summed E-state index contributed by atoms with van der Waals surface area (Å²) in [6, 6.07) is 34.7. The van der Waals surface area contributed by atoms with E-state index in [1.54, 1.807) is 6.07 Å². The van der Waals surface area contributed by atoms with Crippen LogP contribution in [0.15, 0.2) is 126 Å². The van der Waals surface area contributed by atoms with Gasteiger partial charge in [0.1, 0.15) is 0 Å². The summed E-state index contributed by atoms with van der Waals surface area (Å²) in [6.45, 7) is 8.31. The normalized spacial score (nSPS) is 20.5. The van der Waals surface area contributed by atoms with E-state index >= 15 is 0 Å². The van der Waals surface area contributed by atoms with Gasteiger partial charge in [0.25, 0.3) is 0 Å². The maximum absolute atomic E-state index is 11.4. The van der Waals surface area contributed by atoms with Crippen molar-refractivity contribution >= 4 is 33.9 Å². The summed E-state index contributed by atoms with van der Waals surface area (Å²) in [6.07, 6.45) is 5.67. The zero-order valence-electron chi connectivity index (χ0n) is 25.3. The van der Waals surface area contributed by atoms with Crippen LogP contribution in [0.25, 0.3) is 22.3 Å². The number of fused-ring (bicyclic) bond motifs is 4. The molecule has 0 saturated heterocycles. The van der Waals surface area contributed by atoms with E-state index < -0.39 is 22.7 Å². The van der Waals surface area contributed by atoms with Crippen LogP contribution >= 0.6 is 11.6 Å². The molecule has 0 aliphatic heterocycles. The number of rotatable bonds is 3. The van der Waals surface area contributed by atoms with Gasteiger partial charge in [-0.05, 0) is 94.0 Å². The molecule has 2 aliphatic rings. The van der Waals surface area contributed by atoms with Gasteiger partial charge in [-0.1, -0.05) is 116 Å². The summed E-state index contributed by atoms with van der Waals surface area (Å²) < 4.78 is 0. The second-order valence-corrected chi connectivity index (χ2v) is 11.2. The van der Waals surface area contributed by atoms with Gasteiger partial charge in [0.05, 0.1) is 5.41 Å². The van der Waals surface area contributed by atoms with E-state index in [1.165, 1.54) is 0 Å². The van der Waals surface area contributed by atoms with Gasteiger partial charge in [-0.15, -0.1) is 6.42 Å². The first-order chi connectivity index (χ1) is 21.3. The smallest absolute Gasteiger partial charge is 0.213 e. The number of terminal acetylenes is 1. The third-order valence-electron chi connectivity index (χ3n) is 8.58. The van der Waals surface area contributed by atoms with E-state index in [-0.39, 0.29) is 0 Å². The summed E-state index contributed by atoms with van der Waals surface area (Å²) >= 11 is 6.53. The Bertz CT molecular complexity index is 1900. The molecular formula is C40H35ClO3. The quantitative estimate of drug-likeness (QED) is 0.162. The molecule has 1 atom stereocenters. The third kappa shape index (κ3) is 4.82. The highest BCUT2D eigenvalue weighted by molar-refractivity contribution is 6.30. The zero-order valence-corrected chi connectivity index (χ0v) is 26.1. The summed E-state index contributed by atoms with van der Waals surface area (Å²) in [4.78, 5) is 0. The molecule has 3 N–H and O–H groups in total. The average molecular weight is 599 g/mol. The highest BCUT2D eigenvalue weighted by Gasteiger charge is 2.54. The Morgan fingerprint density at radius 1 is 0.727 bits per heavy atom. The minimum Gasteiger partial charge on any atom is -0.504 e. The lowest BCUT2D eigenvalue weighted by atomic mass is 9.70. The topological polar surface area (TPSA) is 60.7 Å². The number of aliphatic hydroxyl groups excluding tert-OH is 3. The molecule has 0 heterocycles. The van der Waals surface area contributed by atoms with Crippen LogP contribution in [0.5, 0.6) is 0 Å². The lowest BCUT2D eigenvalue weighted by Gasteiger charge is -2.31. The van der Waals surface area contributed by atoms with Gasteiger partial charge < -0.3 is 15.3 Å². The number of hydrogen-bond donors (Lipinski definition) is 3. The van der Waals surface area contributed by atoms with Crippen molar-refractivity contribution in [2.24, 2.45) is 0 Å². The number of benzene rings is 4. The van der Waals surface area contributed by atoms with Crippen molar-refractivity contribution in [2.45, 2.75) is 39.5 Å². The van der Waals surface area contributed by atoms with Crippen molar-refractivity contribution in [3.05, 3.63) is 164 Å². The maximum atomic E-state index is 11.4. The Hall–Kier alpha value is -4.91. The fourth-order valence-electron chi connectivity index (χ4n) is 6.71. The molecule has 1 spiro atoms. The summed E-state index contributed by atoms with van der Waals surface area (Å²) in [5, 5.41) is 32.8. The summed E-state index contributed by atoms with van der Waals surface area (Å²) in [7, 11) is 0. The minimum absolute atomic E-state index is 0.318. The molecule has 44 heavy (non-hydrogen) atoms. The largest absolute Gasteiger partial charge is 0.504 e. The molecule has 4 aromatic carbocycles. The number of hydrogen-bond acceptors (Lipinski definition) is 3. The minimum atomic E-state index is -0.733. The van der Waals surface area contributed by atoms with E-state index in [2.05, 4.69) is 56.3 Å². The van der Waals surface area contributed by atoms with Crippen molar-refractivity contribution in [1.82, 2.24) is 0 Å². The molecule has 0 bridgehead atoms. The molecule has 0 amide bonds. The van der Waals surface area contributed by atoms with E-state index in [4.69, 9.17) is 18.0 Å². The fourth-order valence-corrected chi connectivity index (χ4v) is 6.88. The van der Waals surface area contributed by atoms with Gasteiger partial charge in [-0.2, -0.15) is 0 Å².